The Bertz CT molecular complexity index is 1170. The van der Waals surface area contributed by atoms with Crippen LogP contribution < -0.4 is 15.5 Å². The first-order valence-electron chi connectivity index (χ1n) is 11.3. The van der Waals surface area contributed by atoms with Gasteiger partial charge in [0.25, 0.3) is 5.91 Å². The van der Waals surface area contributed by atoms with E-state index in [2.05, 4.69) is 31.6 Å². The Morgan fingerprint density at radius 3 is 2.69 bits per heavy atom. The van der Waals surface area contributed by atoms with Crippen LogP contribution in [0.2, 0.25) is 0 Å². The number of hydrogen-bond acceptors (Lipinski definition) is 8. The lowest BCUT2D eigenvalue weighted by atomic mass is 9.88. The van der Waals surface area contributed by atoms with Crippen molar-refractivity contribution >= 4 is 44.9 Å². The fraction of sp³-hybridized carbons (Fsp3) is 0.478. The van der Waals surface area contributed by atoms with Gasteiger partial charge >= 0.3 is 0 Å². The molecule has 1 unspecified atom stereocenters. The Morgan fingerprint density at radius 2 is 2.06 bits per heavy atom. The summed E-state index contributed by atoms with van der Waals surface area (Å²) in [6.45, 7) is 2.11. The summed E-state index contributed by atoms with van der Waals surface area (Å²) >= 11 is 1.51. The smallest absolute Gasteiger partial charge is 0.263 e. The van der Waals surface area contributed by atoms with E-state index >= 15 is 0 Å². The maximum atomic E-state index is 12.9. The van der Waals surface area contributed by atoms with Crippen LogP contribution in [0.4, 0.5) is 17.5 Å². The minimum absolute atomic E-state index is 0.0524. The highest BCUT2D eigenvalue weighted by Crippen LogP contribution is 2.43. The van der Waals surface area contributed by atoms with Gasteiger partial charge in [0.1, 0.15) is 5.82 Å². The Balaban J connectivity index is 1.29. The summed E-state index contributed by atoms with van der Waals surface area (Å²) in [6.07, 6.45) is 8.39. The van der Waals surface area contributed by atoms with Crippen molar-refractivity contribution in [3.63, 3.8) is 0 Å². The number of carbonyl (C=O) groups excluding carboxylic acids is 1. The Kier molecular flexibility index (Phi) is 4.76. The van der Waals surface area contributed by atoms with E-state index in [0.717, 1.165) is 58.1 Å². The second-order valence-electron chi connectivity index (χ2n) is 9.19. The number of nitrogens with one attached hydrogen (secondary N) is 2. The van der Waals surface area contributed by atoms with Crippen molar-refractivity contribution in [1.82, 2.24) is 25.2 Å². The first-order chi connectivity index (χ1) is 15.6. The molecule has 1 saturated carbocycles. The zero-order chi connectivity index (χ0) is 21.8. The van der Waals surface area contributed by atoms with Gasteiger partial charge in [-0.15, -0.1) is 11.3 Å². The summed E-state index contributed by atoms with van der Waals surface area (Å²) in [4.78, 5) is 31.7. The van der Waals surface area contributed by atoms with E-state index < -0.39 is 0 Å². The molecular formula is C23H27N7OS. The lowest BCUT2D eigenvalue weighted by Crippen LogP contribution is -2.78. The molecule has 166 valence electrons. The summed E-state index contributed by atoms with van der Waals surface area (Å²) in [5.41, 5.74) is 3.17. The standard InChI is InChI=1S/C23H27N7OS/c1-29(2)22(31)21-19(13-5-3-4-6-13)20-17(32-21)11-26-23(28-20)27-18-8-7-14(9-25-18)30-12-15-16(30)10-24-15/h7-9,11,13,15-16,24H,3-6,10,12H2,1-2H3,(H,25,26,27,28)/t15?,16-/m1/s1. The number of nitrogens with zero attached hydrogens (tertiary/aromatic N) is 5. The van der Waals surface area contributed by atoms with Gasteiger partial charge in [-0.05, 0) is 30.9 Å². The summed E-state index contributed by atoms with van der Waals surface area (Å²) in [6, 6.07) is 5.35. The molecule has 0 aromatic carbocycles. The normalized spacial score (nSPS) is 22.4. The number of thiophene rings is 1. The summed E-state index contributed by atoms with van der Waals surface area (Å²) < 4.78 is 0.965. The van der Waals surface area contributed by atoms with E-state index in [1.165, 1.54) is 24.2 Å². The highest BCUT2D eigenvalue weighted by atomic mass is 32.1. The molecule has 2 saturated heterocycles. The Hall–Kier alpha value is -2.78. The van der Waals surface area contributed by atoms with Crippen molar-refractivity contribution in [3.8, 4) is 0 Å². The van der Waals surface area contributed by atoms with Gasteiger partial charge in [0.05, 0.1) is 39.2 Å². The first-order valence-corrected chi connectivity index (χ1v) is 12.1. The Morgan fingerprint density at radius 1 is 1.22 bits per heavy atom. The monoisotopic (exact) mass is 449 g/mol. The van der Waals surface area contributed by atoms with E-state index in [4.69, 9.17) is 4.98 Å². The van der Waals surface area contributed by atoms with Crippen LogP contribution in [0, 0.1) is 0 Å². The molecular weight excluding hydrogens is 422 g/mol. The van der Waals surface area contributed by atoms with E-state index in [0.29, 0.717) is 23.9 Å². The van der Waals surface area contributed by atoms with Crippen LogP contribution in [0.1, 0.15) is 46.8 Å². The topological polar surface area (TPSA) is 86.3 Å². The number of anilines is 3. The molecule has 0 bridgehead atoms. The number of aromatic nitrogens is 3. The third-order valence-electron chi connectivity index (χ3n) is 7.00. The number of pyridine rings is 1. The predicted octanol–water partition coefficient (Wildman–Crippen LogP) is 3.35. The zero-order valence-electron chi connectivity index (χ0n) is 18.3. The predicted molar refractivity (Wildman–Crippen MR) is 127 cm³/mol. The molecule has 3 aromatic heterocycles. The number of fused-ring (bicyclic) bond motifs is 2. The van der Waals surface area contributed by atoms with E-state index in [1.807, 2.05) is 18.5 Å². The largest absolute Gasteiger partial charge is 0.363 e. The molecule has 6 rings (SSSR count). The molecule has 3 fully saturated rings. The van der Waals surface area contributed by atoms with Crippen molar-refractivity contribution in [2.45, 2.75) is 43.7 Å². The molecule has 0 spiro atoms. The van der Waals surface area contributed by atoms with Gasteiger partial charge in [0.2, 0.25) is 5.95 Å². The van der Waals surface area contributed by atoms with Gasteiger partial charge < -0.3 is 20.4 Å². The number of piperazine rings is 1. The molecule has 8 nitrogen and oxygen atoms in total. The summed E-state index contributed by atoms with van der Waals surface area (Å²) in [7, 11) is 3.61. The third kappa shape index (κ3) is 3.22. The number of rotatable bonds is 5. The molecule has 1 amide bonds. The Labute approximate surface area is 191 Å². The first kappa shape index (κ1) is 19.9. The molecule has 1 aliphatic carbocycles. The van der Waals surface area contributed by atoms with Crippen LogP contribution in [0.5, 0.6) is 0 Å². The second kappa shape index (κ2) is 7.67. The van der Waals surface area contributed by atoms with E-state index in [9.17, 15) is 4.79 Å². The van der Waals surface area contributed by atoms with Crippen molar-refractivity contribution in [3.05, 3.63) is 35.0 Å². The van der Waals surface area contributed by atoms with Gasteiger partial charge in [-0.2, -0.15) is 0 Å². The van der Waals surface area contributed by atoms with Gasteiger partial charge in [0.15, 0.2) is 0 Å². The summed E-state index contributed by atoms with van der Waals surface area (Å²) in [5, 5.41) is 6.69. The maximum absolute atomic E-state index is 12.9. The maximum Gasteiger partial charge on any atom is 0.263 e. The molecule has 2 N–H and O–H groups in total. The highest BCUT2D eigenvalue weighted by molar-refractivity contribution is 7.21. The molecule has 5 heterocycles. The number of amides is 1. The van der Waals surface area contributed by atoms with Gasteiger partial charge in [0, 0.05) is 38.8 Å². The summed E-state index contributed by atoms with van der Waals surface area (Å²) in [5.74, 6) is 1.69. The molecule has 2 atom stereocenters. The average Bonchev–Trinajstić information content (AvgIpc) is 3.43. The van der Waals surface area contributed by atoms with Crippen LogP contribution >= 0.6 is 11.3 Å². The van der Waals surface area contributed by atoms with Crippen LogP contribution in [-0.4, -0.2) is 65.0 Å². The quantitative estimate of drug-likeness (QED) is 0.618. The molecule has 0 radical (unpaired) electrons. The fourth-order valence-corrected chi connectivity index (χ4v) is 6.30. The van der Waals surface area contributed by atoms with Gasteiger partial charge in [-0.1, -0.05) is 12.8 Å². The lowest BCUT2D eigenvalue weighted by molar-refractivity contribution is 0.0831. The minimum atomic E-state index is 0.0524. The highest BCUT2D eigenvalue weighted by Gasteiger charge is 2.45. The van der Waals surface area contributed by atoms with Gasteiger partial charge in [-0.3, -0.25) is 4.79 Å². The van der Waals surface area contributed by atoms with Crippen LogP contribution in [-0.2, 0) is 0 Å². The molecule has 32 heavy (non-hydrogen) atoms. The van der Waals surface area contributed by atoms with E-state index in [-0.39, 0.29) is 5.91 Å². The number of carbonyl (C=O) groups is 1. The van der Waals surface area contributed by atoms with Crippen molar-refractivity contribution in [1.29, 1.82) is 0 Å². The average molecular weight is 450 g/mol. The van der Waals surface area contributed by atoms with Crippen molar-refractivity contribution in [2.75, 3.05) is 37.4 Å². The molecule has 3 aromatic rings. The fourth-order valence-electron chi connectivity index (χ4n) is 5.08. The zero-order valence-corrected chi connectivity index (χ0v) is 19.2. The SMILES string of the molecule is CN(C)C(=O)c1sc2cnc(Nc3ccc(N4CC5NC[C@H]54)cn3)nc2c1C1CCCC1. The van der Waals surface area contributed by atoms with Crippen LogP contribution in [0.15, 0.2) is 24.5 Å². The van der Waals surface area contributed by atoms with Gasteiger partial charge in [-0.25, -0.2) is 15.0 Å². The van der Waals surface area contributed by atoms with Crippen LogP contribution in [0.25, 0.3) is 10.2 Å². The minimum Gasteiger partial charge on any atom is -0.363 e. The second-order valence-corrected chi connectivity index (χ2v) is 10.2. The lowest BCUT2D eigenvalue weighted by Gasteiger charge is -2.57. The van der Waals surface area contributed by atoms with E-state index in [1.54, 1.807) is 19.0 Å². The molecule has 3 aliphatic rings. The molecule has 2 aliphatic heterocycles. The third-order valence-corrected chi connectivity index (χ3v) is 8.11. The van der Waals surface area contributed by atoms with Crippen molar-refractivity contribution in [2.24, 2.45) is 0 Å². The van der Waals surface area contributed by atoms with Crippen molar-refractivity contribution < 1.29 is 4.79 Å². The number of hydrogen-bond donors (Lipinski definition) is 2. The van der Waals surface area contributed by atoms with Crippen LogP contribution in [0.3, 0.4) is 0 Å². The molecule has 9 heteroatoms.